The predicted octanol–water partition coefficient (Wildman–Crippen LogP) is 5.16. The second-order valence-electron chi connectivity index (χ2n) is 5.50. The minimum atomic E-state index is -0.827. The number of halogens is 2. The molecule has 0 saturated carbocycles. The topological polar surface area (TPSA) is 59.4 Å². The second-order valence-corrected chi connectivity index (χ2v) is 5.94. The molecule has 0 unspecified atom stereocenters. The maximum absolute atomic E-state index is 13.2. The number of pyridine rings is 1. The number of benzene rings is 2. The van der Waals surface area contributed by atoms with Crippen LogP contribution in [0, 0.1) is 5.82 Å². The first kappa shape index (κ1) is 17.9. The lowest BCUT2D eigenvalue weighted by Crippen LogP contribution is -2.07. The monoisotopic (exact) mass is 371 g/mol. The Labute approximate surface area is 154 Å². The average Bonchev–Trinajstić information content (AvgIpc) is 2.63. The number of aliphatic hydroxyl groups excluding tert-OH is 1. The van der Waals surface area contributed by atoms with Crippen LogP contribution in [0.3, 0.4) is 0 Å². The summed E-state index contributed by atoms with van der Waals surface area (Å²) in [6.45, 7) is 1.80. The highest BCUT2D eigenvalue weighted by atomic mass is 35.5. The third kappa shape index (κ3) is 3.68. The van der Waals surface area contributed by atoms with Gasteiger partial charge in [0.25, 0.3) is 0 Å². The predicted molar refractivity (Wildman–Crippen MR) is 99.4 cm³/mol. The molecule has 0 radical (unpaired) electrons. The quantitative estimate of drug-likeness (QED) is 0.391. The van der Waals surface area contributed by atoms with Gasteiger partial charge in [-0.05, 0) is 42.1 Å². The Bertz CT molecular complexity index is 1000. The van der Waals surface area contributed by atoms with Gasteiger partial charge in [-0.3, -0.25) is 4.98 Å². The van der Waals surface area contributed by atoms with E-state index in [1.54, 1.807) is 37.4 Å². The van der Waals surface area contributed by atoms with Crippen molar-refractivity contribution in [1.82, 2.24) is 4.98 Å². The number of carbonyl (C=O) groups excluding carboxylic acids is 1. The van der Waals surface area contributed by atoms with Gasteiger partial charge in [0, 0.05) is 28.2 Å². The van der Waals surface area contributed by atoms with Crippen LogP contribution in [0.2, 0.25) is 5.02 Å². The lowest BCUT2D eigenvalue weighted by molar-refractivity contribution is -0.141. The van der Waals surface area contributed by atoms with Crippen molar-refractivity contribution >= 4 is 34.4 Å². The molecule has 0 atom stereocenters. The van der Waals surface area contributed by atoms with E-state index in [0.717, 1.165) is 16.5 Å². The molecular weight excluding hydrogens is 357 g/mol. The van der Waals surface area contributed by atoms with Crippen molar-refractivity contribution in [1.29, 1.82) is 0 Å². The molecule has 1 heterocycles. The fraction of sp³-hybridized carbons (Fsp3) is 0.100. The number of carbonyl (C=O) groups is 1. The molecule has 132 valence electrons. The Morgan fingerprint density at radius 2 is 1.96 bits per heavy atom. The average molecular weight is 372 g/mol. The fourth-order valence-corrected chi connectivity index (χ4v) is 2.78. The van der Waals surface area contributed by atoms with Crippen LogP contribution in [0.25, 0.3) is 28.0 Å². The summed E-state index contributed by atoms with van der Waals surface area (Å²) in [7, 11) is 0. The Morgan fingerprint density at radius 3 is 2.65 bits per heavy atom. The molecule has 0 aliphatic carbocycles. The molecule has 0 saturated heterocycles. The first-order chi connectivity index (χ1) is 12.5. The van der Waals surface area contributed by atoms with Crippen LogP contribution in [0.5, 0.6) is 0 Å². The molecule has 3 aromatic rings. The first-order valence-corrected chi connectivity index (χ1v) is 8.29. The summed E-state index contributed by atoms with van der Waals surface area (Å²) in [5.41, 5.74) is 1.94. The molecular formula is C20H15ClFNO3. The normalized spacial score (nSPS) is 11.6. The van der Waals surface area contributed by atoms with Gasteiger partial charge in [0.15, 0.2) is 0 Å². The van der Waals surface area contributed by atoms with E-state index in [-0.39, 0.29) is 12.4 Å². The van der Waals surface area contributed by atoms with E-state index in [1.165, 1.54) is 18.2 Å². The van der Waals surface area contributed by atoms with E-state index in [9.17, 15) is 14.3 Å². The minimum absolute atomic E-state index is 0.153. The van der Waals surface area contributed by atoms with Gasteiger partial charge in [0.1, 0.15) is 5.82 Å². The zero-order valence-corrected chi connectivity index (χ0v) is 14.6. The molecule has 2 aromatic carbocycles. The summed E-state index contributed by atoms with van der Waals surface area (Å²) in [6.07, 6.45) is 2.85. The second kappa shape index (κ2) is 7.54. The van der Waals surface area contributed by atoms with Crippen molar-refractivity contribution in [2.45, 2.75) is 6.92 Å². The number of hydrogen-bond acceptors (Lipinski definition) is 4. The molecule has 3 rings (SSSR count). The molecule has 6 heteroatoms. The van der Waals surface area contributed by atoms with Crippen molar-refractivity contribution < 1.29 is 19.0 Å². The molecule has 0 aliphatic heterocycles. The van der Waals surface area contributed by atoms with Crippen LogP contribution in [-0.2, 0) is 9.53 Å². The smallest absolute Gasteiger partial charge is 0.373 e. The van der Waals surface area contributed by atoms with Crippen molar-refractivity contribution in [3.63, 3.8) is 0 Å². The third-order valence-electron chi connectivity index (χ3n) is 3.79. The lowest BCUT2D eigenvalue weighted by atomic mass is 9.99. The summed E-state index contributed by atoms with van der Waals surface area (Å²) >= 11 is 6.11. The maximum atomic E-state index is 13.2. The molecule has 0 amide bonds. The zero-order chi connectivity index (χ0) is 18.7. The van der Waals surface area contributed by atoms with Crippen molar-refractivity contribution in [2.24, 2.45) is 0 Å². The summed E-state index contributed by atoms with van der Waals surface area (Å²) in [4.78, 5) is 16.0. The number of aliphatic hydroxyl groups is 1. The van der Waals surface area contributed by atoms with E-state index < -0.39 is 11.7 Å². The number of esters is 1. The Kier molecular flexibility index (Phi) is 5.19. The van der Waals surface area contributed by atoms with Gasteiger partial charge in [0.05, 0.1) is 12.3 Å². The number of aromatic nitrogens is 1. The summed E-state index contributed by atoms with van der Waals surface area (Å²) < 4.78 is 18.0. The number of ether oxygens (including phenoxy) is 1. The Morgan fingerprint density at radius 1 is 1.23 bits per heavy atom. The molecule has 1 N–H and O–H groups in total. The number of nitrogens with zero attached hydrogens (tertiary/aromatic N) is 1. The highest BCUT2D eigenvalue weighted by molar-refractivity contribution is 6.31. The fourth-order valence-electron chi connectivity index (χ4n) is 2.60. The van der Waals surface area contributed by atoms with Gasteiger partial charge in [-0.25, -0.2) is 9.18 Å². The zero-order valence-electron chi connectivity index (χ0n) is 13.9. The first-order valence-electron chi connectivity index (χ1n) is 7.91. The van der Waals surface area contributed by atoms with E-state index in [4.69, 9.17) is 16.3 Å². The number of hydrogen-bond donors (Lipinski definition) is 1. The van der Waals surface area contributed by atoms with Gasteiger partial charge >= 0.3 is 5.97 Å². The molecule has 0 spiro atoms. The van der Waals surface area contributed by atoms with Crippen LogP contribution >= 0.6 is 11.6 Å². The van der Waals surface area contributed by atoms with Crippen LogP contribution in [0.15, 0.2) is 54.4 Å². The highest BCUT2D eigenvalue weighted by Gasteiger charge is 2.13. The van der Waals surface area contributed by atoms with Crippen molar-refractivity contribution in [3.05, 3.63) is 71.0 Å². The third-order valence-corrected chi connectivity index (χ3v) is 4.03. The van der Waals surface area contributed by atoms with Gasteiger partial charge < -0.3 is 9.84 Å². The van der Waals surface area contributed by atoms with Gasteiger partial charge in [-0.2, -0.15) is 0 Å². The summed E-state index contributed by atoms with van der Waals surface area (Å²) in [5, 5.41) is 11.9. The van der Waals surface area contributed by atoms with E-state index in [1.807, 2.05) is 6.07 Å². The summed E-state index contributed by atoms with van der Waals surface area (Å²) in [5.74, 6) is -1.70. The molecule has 0 fully saturated rings. The van der Waals surface area contributed by atoms with Crippen LogP contribution in [-0.4, -0.2) is 22.7 Å². The highest BCUT2D eigenvalue weighted by Crippen LogP contribution is 2.32. The Balaban J connectivity index is 2.17. The van der Waals surface area contributed by atoms with Crippen LogP contribution in [0.1, 0.15) is 12.6 Å². The standard InChI is InChI=1S/C20H15ClFNO3/c1-2-26-20(25)19(24)10-18-16-9-13(21)5-8-15(16)17(11-23-18)12-3-6-14(22)7-4-12/h3-11,24H,2H2,1H3/b19-10-. The van der Waals surface area contributed by atoms with Crippen molar-refractivity contribution in [3.8, 4) is 11.1 Å². The van der Waals surface area contributed by atoms with E-state index in [0.29, 0.717) is 16.1 Å². The van der Waals surface area contributed by atoms with Gasteiger partial charge in [0.2, 0.25) is 5.76 Å². The lowest BCUT2D eigenvalue weighted by Gasteiger charge is -2.10. The van der Waals surface area contributed by atoms with Crippen LogP contribution in [0.4, 0.5) is 4.39 Å². The molecule has 4 nitrogen and oxygen atoms in total. The number of rotatable bonds is 4. The summed E-state index contributed by atoms with van der Waals surface area (Å²) in [6, 6.07) is 11.3. The molecule has 0 bridgehead atoms. The van der Waals surface area contributed by atoms with Gasteiger partial charge in [-0.15, -0.1) is 0 Å². The van der Waals surface area contributed by atoms with Crippen LogP contribution < -0.4 is 0 Å². The van der Waals surface area contributed by atoms with E-state index >= 15 is 0 Å². The SMILES string of the molecule is CCOC(=O)/C(O)=C/c1ncc(-c2ccc(F)cc2)c2ccc(Cl)cc12. The molecule has 1 aromatic heterocycles. The van der Waals surface area contributed by atoms with Crippen molar-refractivity contribution in [2.75, 3.05) is 6.61 Å². The molecule has 26 heavy (non-hydrogen) atoms. The maximum Gasteiger partial charge on any atom is 0.373 e. The van der Waals surface area contributed by atoms with Gasteiger partial charge in [-0.1, -0.05) is 29.8 Å². The Hall–Kier alpha value is -2.92. The number of fused-ring (bicyclic) bond motifs is 1. The van der Waals surface area contributed by atoms with E-state index in [2.05, 4.69) is 4.98 Å². The minimum Gasteiger partial charge on any atom is -0.502 e. The largest absolute Gasteiger partial charge is 0.502 e. The molecule has 0 aliphatic rings.